The smallest absolute Gasteiger partial charge is 0.368 e. The van der Waals surface area contributed by atoms with Crippen molar-refractivity contribution < 1.29 is 18.0 Å². The monoisotopic (exact) mass is 603 g/mol. The minimum Gasteiger partial charge on any atom is -0.368 e. The van der Waals surface area contributed by atoms with Gasteiger partial charge in [-0.05, 0) is 48.7 Å². The summed E-state index contributed by atoms with van der Waals surface area (Å²) in [6, 6.07) is 25.2. The number of amides is 1. The molecule has 0 N–H and O–H groups in total. The Balaban J connectivity index is 1.16. The number of hydrogen-bond acceptors (Lipinski definition) is 6. The number of anilines is 2. The highest BCUT2D eigenvalue weighted by atomic mass is 32.2. The zero-order chi connectivity index (χ0) is 29.8. The van der Waals surface area contributed by atoms with Crippen LogP contribution in [-0.2, 0) is 11.9 Å². The molecule has 10 heteroatoms. The van der Waals surface area contributed by atoms with E-state index in [4.69, 9.17) is 9.97 Å². The van der Waals surface area contributed by atoms with Crippen molar-refractivity contribution in [2.24, 2.45) is 0 Å². The SMILES string of the molecule is O=C(c1ccc(CSc2nc(-c3ccccc3)cc(N3CCN(c4cccc(C(F)(F)F)c4)CC3)n2)cc1)N1CCCC1. The number of hydrogen-bond donors (Lipinski definition) is 0. The van der Waals surface area contributed by atoms with Crippen LogP contribution in [0.1, 0.15) is 34.3 Å². The van der Waals surface area contributed by atoms with Gasteiger partial charge in [0, 0.05) is 67.9 Å². The van der Waals surface area contributed by atoms with Crippen LogP contribution in [0.4, 0.5) is 24.7 Å². The second-order valence-electron chi connectivity index (χ2n) is 10.8. The average molecular weight is 604 g/mol. The van der Waals surface area contributed by atoms with E-state index in [-0.39, 0.29) is 5.91 Å². The van der Waals surface area contributed by atoms with Crippen LogP contribution in [-0.4, -0.2) is 60.0 Å². The molecule has 0 spiro atoms. The van der Waals surface area contributed by atoms with Crippen molar-refractivity contribution >= 4 is 29.2 Å². The second-order valence-corrected chi connectivity index (χ2v) is 11.7. The molecule has 43 heavy (non-hydrogen) atoms. The first kappa shape index (κ1) is 29.0. The Morgan fingerprint density at radius 1 is 0.767 bits per heavy atom. The summed E-state index contributed by atoms with van der Waals surface area (Å²) >= 11 is 1.54. The number of carbonyl (C=O) groups is 1. The molecule has 222 valence electrons. The Morgan fingerprint density at radius 2 is 1.47 bits per heavy atom. The first-order chi connectivity index (χ1) is 20.8. The predicted molar refractivity (Wildman–Crippen MR) is 164 cm³/mol. The molecule has 1 amide bonds. The van der Waals surface area contributed by atoms with Crippen LogP contribution in [0, 0.1) is 0 Å². The molecule has 3 heterocycles. The number of benzene rings is 3. The molecule has 4 aromatic rings. The minimum absolute atomic E-state index is 0.0911. The lowest BCUT2D eigenvalue weighted by Crippen LogP contribution is -2.47. The van der Waals surface area contributed by atoms with Gasteiger partial charge in [0.1, 0.15) is 5.82 Å². The van der Waals surface area contributed by atoms with Crippen molar-refractivity contribution in [3.05, 3.63) is 102 Å². The fourth-order valence-corrected chi connectivity index (χ4v) is 6.27. The number of piperazine rings is 1. The summed E-state index contributed by atoms with van der Waals surface area (Å²) in [4.78, 5) is 28.5. The molecule has 2 fully saturated rings. The summed E-state index contributed by atoms with van der Waals surface area (Å²) < 4.78 is 39.8. The van der Waals surface area contributed by atoms with E-state index in [1.54, 1.807) is 17.8 Å². The molecule has 1 aromatic heterocycles. The number of carbonyl (C=O) groups excluding carboxylic acids is 1. The Hall–Kier alpha value is -4.05. The third kappa shape index (κ3) is 6.96. The van der Waals surface area contributed by atoms with Gasteiger partial charge in [0.2, 0.25) is 0 Å². The van der Waals surface area contributed by atoms with Gasteiger partial charge in [-0.25, -0.2) is 9.97 Å². The highest BCUT2D eigenvalue weighted by molar-refractivity contribution is 7.98. The lowest BCUT2D eigenvalue weighted by molar-refractivity contribution is -0.137. The van der Waals surface area contributed by atoms with E-state index in [9.17, 15) is 18.0 Å². The van der Waals surface area contributed by atoms with Crippen molar-refractivity contribution in [3.63, 3.8) is 0 Å². The van der Waals surface area contributed by atoms with Crippen LogP contribution in [0.25, 0.3) is 11.3 Å². The van der Waals surface area contributed by atoms with Crippen molar-refractivity contribution in [2.75, 3.05) is 49.1 Å². The first-order valence-electron chi connectivity index (χ1n) is 14.5. The van der Waals surface area contributed by atoms with Crippen LogP contribution < -0.4 is 9.80 Å². The van der Waals surface area contributed by atoms with E-state index in [0.717, 1.165) is 54.6 Å². The van der Waals surface area contributed by atoms with E-state index in [2.05, 4.69) is 4.90 Å². The highest BCUT2D eigenvalue weighted by Crippen LogP contribution is 2.33. The van der Waals surface area contributed by atoms with Gasteiger partial charge in [-0.15, -0.1) is 0 Å². The van der Waals surface area contributed by atoms with Gasteiger partial charge in [-0.1, -0.05) is 60.3 Å². The van der Waals surface area contributed by atoms with Gasteiger partial charge in [0.05, 0.1) is 11.3 Å². The molecule has 2 aliphatic heterocycles. The van der Waals surface area contributed by atoms with Crippen molar-refractivity contribution in [1.82, 2.24) is 14.9 Å². The molecule has 0 atom stereocenters. The molecular formula is C33H32F3N5OS. The average Bonchev–Trinajstić information content (AvgIpc) is 3.59. The van der Waals surface area contributed by atoms with Crippen LogP contribution in [0.2, 0.25) is 0 Å². The largest absolute Gasteiger partial charge is 0.416 e. The quantitative estimate of drug-likeness (QED) is 0.167. The van der Waals surface area contributed by atoms with Crippen molar-refractivity contribution in [3.8, 4) is 11.3 Å². The number of halogens is 3. The summed E-state index contributed by atoms with van der Waals surface area (Å²) in [6.07, 6.45) is -2.24. The molecular weight excluding hydrogens is 571 g/mol. The third-order valence-electron chi connectivity index (χ3n) is 7.87. The zero-order valence-corrected chi connectivity index (χ0v) is 24.4. The summed E-state index contributed by atoms with van der Waals surface area (Å²) in [5.74, 6) is 1.54. The predicted octanol–water partition coefficient (Wildman–Crippen LogP) is 7.02. The van der Waals surface area contributed by atoms with E-state index in [1.165, 1.54) is 12.1 Å². The Bertz CT molecular complexity index is 1550. The van der Waals surface area contributed by atoms with Gasteiger partial charge >= 0.3 is 6.18 Å². The van der Waals surface area contributed by atoms with Gasteiger partial charge in [0.15, 0.2) is 5.16 Å². The molecule has 0 bridgehead atoms. The normalized spacial score (nSPS) is 15.7. The fourth-order valence-electron chi connectivity index (χ4n) is 5.46. The number of thioether (sulfide) groups is 1. The standard InChI is InChI=1S/C33H32F3N5OS/c34-33(35,36)27-9-6-10-28(21-27)39-17-19-40(20-18-39)30-22-29(25-7-2-1-3-8-25)37-32(38-30)43-23-24-11-13-26(14-12-24)31(42)41-15-4-5-16-41/h1-3,6-14,21-22H,4-5,15-20,23H2. The summed E-state index contributed by atoms with van der Waals surface area (Å²) in [7, 11) is 0. The third-order valence-corrected chi connectivity index (χ3v) is 8.78. The van der Waals surface area contributed by atoms with E-state index in [0.29, 0.717) is 48.3 Å². The Morgan fingerprint density at radius 3 is 2.16 bits per heavy atom. The Kier molecular flexibility index (Phi) is 8.56. The zero-order valence-electron chi connectivity index (χ0n) is 23.6. The van der Waals surface area contributed by atoms with Gasteiger partial charge in [-0.3, -0.25) is 4.79 Å². The highest BCUT2D eigenvalue weighted by Gasteiger charge is 2.31. The van der Waals surface area contributed by atoms with Crippen molar-refractivity contribution in [2.45, 2.75) is 29.9 Å². The lowest BCUT2D eigenvalue weighted by Gasteiger charge is -2.37. The van der Waals surface area contributed by atoms with E-state index < -0.39 is 11.7 Å². The summed E-state index contributed by atoms with van der Waals surface area (Å²) in [6.45, 7) is 4.06. The van der Waals surface area contributed by atoms with Crippen LogP contribution in [0.3, 0.4) is 0 Å². The van der Waals surface area contributed by atoms with Crippen LogP contribution in [0.15, 0.2) is 90.1 Å². The van der Waals surface area contributed by atoms with Gasteiger partial charge in [0.25, 0.3) is 5.91 Å². The maximum Gasteiger partial charge on any atom is 0.416 e. The topological polar surface area (TPSA) is 52.6 Å². The molecule has 6 nitrogen and oxygen atoms in total. The molecule has 0 saturated carbocycles. The fraction of sp³-hybridized carbons (Fsp3) is 0.303. The number of alkyl halides is 3. The van der Waals surface area contributed by atoms with Gasteiger partial charge < -0.3 is 14.7 Å². The molecule has 6 rings (SSSR count). The number of rotatable bonds is 7. The molecule has 0 radical (unpaired) electrons. The second kappa shape index (κ2) is 12.7. The summed E-state index contributed by atoms with van der Waals surface area (Å²) in [5, 5.41) is 0.647. The molecule has 2 saturated heterocycles. The number of nitrogens with zero attached hydrogens (tertiary/aromatic N) is 5. The number of likely N-dealkylation sites (tertiary alicyclic amines) is 1. The van der Waals surface area contributed by atoms with E-state index >= 15 is 0 Å². The first-order valence-corrected chi connectivity index (χ1v) is 15.4. The Labute approximate surface area is 253 Å². The van der Waals surface area contributed by atoms with Crippen molar-refractivity contribution in [1.29, 1.82) is 0 Å². The van der Waals surface area contributed by atoms with Crippen LogP contribution in [0.5, 0.6) is 0 Å². The number of aromatic nitrogens is 2. The maximum atomic E-state index is 13.3. The van der Waals surface area contributed by atoms with E-state index in [1.807, 2.05) is 70.5 Å². The lowest BCUT2D eigenvalue weighted by atomic mass is 10.1. The van der Waals surface area contributed by atoms with Crippen LogP contribution >= 0.6 is 11.8 Å². The summed E-state index contributed by atoms with van der Waals surface area (Å²) in [5.41, 5.74) is 3.54. The maximum absolute atomic E-state index is 13.3. The molecule has 0 unspecified atom stereocenters. The molecule has 2 aliphatic rings. The van der Waals surface area contributed by atoms with Gasteiger partial charge in [-0.2, -0.15) is 13.2 Å². The molecule has 3 aromatic carbocycles. The minimum atomic E-state index is -4.37. The molecule has 0 aliphatic carbocycles.